The minimum absolute atomic E-state index is 0.0753. The van der Waals surface area contributed by atoms with Crippen molar-refractivity contribution in [3.8, 4) is 0 Å². The topological polar surface area (TPSA) is 44.7 Å². The molecule has 0 aliphatic carbocycles. The molecule has 1 aliphatic heterocycles. The second-order valence-electron chi connectivity index (χ2n) is 8.91. The largest absolute Gasteiger partial charge is 0.416 e. The Morgan fingerprint density at radius 2 is 2.00 bits per heavy atom. The summed E-state index contributed by atoms with van der Waals surface area (Å²) in [5.41, 5.74) is 6.38. The molecule has 0 saturated heterocycles. The van der Waals surface area contributed by atoms with Gasteiger partial charge in [-0.15, -0.1) is 0 Å². The van der Waals surface area contributed by atoms with E-state index in [1.54, 1.807) is 6.21 Å². The van der Waals surface area contributed by atoms with Gasteiger partial charge >= 0.3 is 6.18 Å². The molecule has 2 aromatic carbocycles. The van der Waals surface area contributed by atoms with Gasteiger partial charge in [0.15, 0.2) is 0 Å². The predicted molar refractivity (Wildman–Crippen MR) is 118 cm³/mol. The lowest BCUT2D eigenvalue weighted by Gasteiger charge is -2.45. The SMILES string of the molecule is Cc1cc2c(cc1/C=N\NC(=O)Cc1cccc(C(F)(F)F)c1)C(C)CC(C)(C)N2C. The molecular weight excluding hydrogens is 403 g/mol. The Balaban J connectivity index is 1.71. The van der Waals surface area contributed by atoms with Gasteiger partial charge < -0.3 is 4.90 Å². The summed E-state index contributed by atoms with van der Waals surface area (Å²) >= 11 is 0. The van der Waals surface area contributed by atoms with Crippen LogP contribution in [0.5, 0.6) is 0 Å². The number of hydrazone groups is 1. The van der Waals surface area contributed by atoms with Crippen LogP contribution in [0.4, 0.5) is 18.9 Å². The molecule has 0 aromatic heterocycles. The predicted octanol–water partition coefficient (Wildman–Crippen LogP) is 5.43. The van der Waals surface area contributed by atoms with Crippen LogP contribution in [-0.4, -0.2) is 24.7 Å². The number of rotatable bonds is 4. The summed E-state index contributed by atoms with van der Waals surface area (Å²) < 4.78 is 38.5. The van der Waals surface area contributed by atoms with E-state index in [9.17, 15) is 18.0 Å². The molecule has 1 N–H and O–H groups in total. The van der Waals surface area contributed by atoms with Gasteiger partial charge in [-0.25, -0.2) is 5.43 Å². The third-order valence-electron chi connectivity index (χ3n) is 6.03. The van der Waals surface area contributed by atoms with Gasteiger partial charge in [0.2, 0.25) is 5.91 Å². The average Bonchev–Trinajstić information content (AvgIpc) is 2.66. The van der Waals surface area contributed by atoms with Crippen molar-refractivity contribution < 1.29 is 18.0 Å². The van der Waals surface area contributed by atoms with E-state index in [0.29, 0.717) is 5.92 Å². The van der Waals surface area contributed by atoms with Crippen molar-refractivity contribution in [2.24, 2.45) is 5.10 Å². The summed E-state index contributed by atoms with van der Waals surface area (Å²) in [6.45, 7) is 8.67. The van der Waals surface area contributed by atoms with Crippen molar-refractivity contribution in [1.29, 1.82) is 0 Å². The summed E-state index contributed by atoms with van der Waals surface area (Å²) in [5.74, 6) is -0.0783. The molecule has 7 heteroatoms. The van der Waals surface area contributed by atoms with Gasteiger partial charge in [0.25, 0.3) is 0 Å². The second-order valence-corrected chi connectivity index (χ2v) is 8.91. The lowest BCUT2D eigenvalue weighted by molar-refractivity contribution is -0.137. The molecule has 4 nitrogen and oxygen atoms in total. The van der Waals surface area contributed by atoms with Crippen LogP contribution >= 0.6 is 0 Å². The zero-order valence-electron chi connectivity index (χ0n) is 18.5. The van der Waals surface area contributed by atoms with Crippen molar-refractivity contribution >= 4 is 17.8 Å². The molecule has 1 unspecified atom stereocenters. The molecule has 0 spiro atoms. The molecule has 0 saturated carbocycles. The highest BCUT2D eigenvalue weighted by atomic mass is 19.4. The Bertz CT molecular complexity index is 1010. The van der Waals surface area contributed by atoms with Crippen LogP contribution in [0.25, 0.3) is 0 Å². The van der Waals surface area contributed by atoms with Crippen molar-refractivity contribution in [3.63, 3.8) is 0 Å². The van der Waals surface area contributed by atoms with Crippen LogP contribution in [0, 0.1) is 6.92 Å². The highest BCUT2D eigenvalue weighted by Gasteiger charge is 2.34. The van der Waals surface area contributed by atoms with Gasteiger partial charge in [-0.05, 0) is 73.6 Å². The van der Waals surface area contributed by atoms with Crippen LogP contribution in [0.15, 0.2) is 41.5 Å². The Hall–Kier alpha value is -2.83. The van der Waals surface area contributed by atoms with Crippen LogP contribution in [-0.2, 0) is 17.4 Å². The van der Waals surface area contributed by atoms with E-state index in [0.717, 1.165) is 29.7 Å². The first-order valence-electron chi connectivity index (χ1n) is 10.2. The Labute approximate surface area is 181 Å². The fraction of sp³-hybridized carbons (Fsp3) is 0.417. The third-order valence-corrected chi connectivity index (χ3v) is 6.03. The molecule has 1 aliphatic rings. The molecular formula is C24H28F3N3O. The van der Waals surface area contributed by atoms with Crippen LogP contribution in [0.2, 0.25) is 0 Å². The van der Waals surface area contributed by atoms with Gasteiger partial charge in [0.1, 0.15) is 0 Å². The maximum Gasteiger partial charge on any atom is 0.416 e. The van der Waals surface area contributed by atoms with Gasteiger partial charge in [-0.1, -0.05) is 25.1 Å². The Morgan fingerprint density at radius 3 is 2.68 bits per heavy atom. The number of halogens is 3. The number of anilines is 1. The monoisotopic (exact) mass is 431 g/mol. The summed E-state index contributed by atoms with van der Waals surface area (Å²) in [4.78, 5) is 14.4. The van der Waals surface area contributed by atoms with Gasteiger partial charge in [-0.2, -0.15) is 18.3 Å². The third kappa shape index (κ3) is 5.09. The van der Waals surface area contributed by atoms with Crippen LogP contribution < -0.4 is 10.3 Å². The van der Waals surface area contributed by atoms with Crippen LogP contribution in [0.3, 0.4) is 0 Å². The first-order valence-corrected chi connectivity index (χ1v) is 10.2. The minimum Gasteiger partial charge on any atom is -0.369 e. The molecule has 166 valence electrons. The zero-order valence-corrected chi connectivity index (χ0v) is 18.5. The normalized spacial score (nSPS) is 18.2. The van der Waals surface area contributed by atoms with Crippen molar-refractivity contribution in [2.75, 3.05) is 11.9 Å². The Kier molecular flexibility index (Phi) is 6.16. The number of hydrogen-bond donors (Lipinski definition) is 1. The summed E-state index contributed by atoms with van der Waals surface area (Å²) in [6.07, 6.45) is -1.99. The summed E-state index contributed by atoms with van der Waals surface area (Å²) in [5, 5.41) is 4.03. The van der Waals surface area contributed by atoms with Gasteiger partial charge in [0, 0.05) is 18.3 Å². The van der Waals surface area contributed by atoms with E-state index in [1.807, 2.05) is 6.92 Å². The highest BCUT2D eigenvalue weighted by molar-refractivity contribution is 5.86. The standard InChI is InChI=1S/C24H28F3N3O/c1-15-9-21-20(16(2)13-23(3,4)30(21)5)12-18(15)14-28-29-22(31)11-17-7-6-8-19(10-17)24(25,26)27/h6-10,12,14,16H,11,13H2,1-5H3,(H,29,31)/b28-14-. The molecule has 1 atom stereocenters. The molecule has 2 aromatic rings. The number of carbonyl (C=O) groups is 1. The number of nitrogens with zero attached hydrogens (tertiary/aromatic N) is 2. The quantitative estimate of drug-likeness (QED) is 0.518. The van der Waals surface area contributed by atoms with E-state index in [4.69, 9.17) is 0 Å². The lowest BCUT2D eigenvalue weighted by atomic mass is 9.79. The van der Waals surface area contributed by atoms with E-state index < -0.39 is 17.6 Å². The number of carbonyl (C=O) groups excluding carboxylic acids is 1. The van der Waals surface area contributed by atoms with E-state index in [1.165, 1.54) is 23.4 Å². The van der Waals surface area contributed by atoms with E-state index >= 15 is 0 Å². The molecule has 0 fully saturated rings. The number of amides is 1. The number of aryl methyl sites for hydroxylation is 1. The zero-order chi connectivity index (χ0) is 23.0. The molecule has 1 amide bonds. The van der Waals surface area contributed by atoms with Gasteiger partial charge in [0.05, 0.1) is 18.2 Å². The minimum atomic E-state index is -4.44. The lowest BCUT2D eigenvalue weighted by Crippen LogP contribution is -2.45. The van der Waals surface area contributed by atoms with Crippen molar-refractivity contribution in [1.82, 2.24) is 5.43 Å². The first kappa shape index (κ1) is 22.8. The van der Waals surface area contributed by atoms with Gasteiger partial charge in [-0.3, -0.25) is 4.79 Å². The smallest absolute Gasteiger partial charge is 0.369 e. The van der Waals surface area contributed by atoms with Crippen LogP contribution in [0.1, 0.15) is 60.9 Å². The van der Waals surface area contributed by atoms with Crippen molar-refractivity contribution in [3.05, 3.63) is 64.2 Å². The average molecular weight is 432 g/mol. The number of fused-ring (bicyclic) bond motifs is 1. The van der Waals surface area contributed by atoms with E-state index in [-0.39, 0.29) is 17.5 Å². The molecule has 3 rings (SSSR count). The Morgan fingerprint density at radius 1 is 1.29 bits per heavy atom. The fourth-order valence-corrected chi connectivity index (χ4v) is 4.13. The molecule has 1 heterocycles. The number of benzene rings is 2. The number of alkyl halides is 3. The highest BCUT2D eigenvalue weighted by Crippen LogP contribution is 2.43. The first-order chi connectivity index (χ1) is 14.4. The maximum absolute atomic E-state index is 12.8. The molecule has 0 radical (unpaired) electrons. The second kappa shape index (κ2) is 8.36. The fourth-order valence-electron chi connectivity index (χ4n) is 4.13. The molecule has 31 heavy (non-hydrogen) atoms. The number of hydrogen-bond acceptors (Lipinski definition) is 3. The summed E-state index contributed by atoms with van der Waals surface area (Å²) in [7, 11) is 2.10. The number of nitrogens with one attached hydrogen (secondary N) is 1. The van der Waals surface area contributed by atoms with E-state index in [2.05, 4.69) is 55.4 Å². The molecule has 0 bridgehead atoms. The summed E-state index contributed by atoms with van der Waals surface area (Å²) in [6, 6.07) is 8.99. The maximum atomic E-state index is 12.8. The van der Waals surface area contributed by atoms with Crippen molar-refractivity contribution in [2.45, 2.75) is 58.2 Å².